The van der Waals surface area contributed by atoms with Crippen molar-refractivity contribution < 1.29 is 32.8 Å². The molecule has 0 fully saturated rings. The Bertz CT molecular complexity index is 401. The van der Waals surface area contributed by atoms with Crippen LogP contribution in [-0.4, -0.2) is 68.3 Å². The molecule has 0 aliphatic rings. The van der Waals surface area contributed by atoms with Crippen molar-refractivity contribution in [1.29, 1.82) is 0 Å². The van der Waals surface area contributed by atoms with Crippen LogP contribution in [0.2, 0.25) is 3.67 Å². The van der Waals surface area contributed by atoms with Gasteiger partial charge < -0.3 is 10.2 Å². The fourth-order valence-corrected chi connectivity index (χ4v) is 2.79. The summed E-state index contributed by atoms with van der Waals surface area (Å²) in [5.41, 5.74) is 0. The third kappa shape index (κ3) is 16.2. The average Bonchev–Trinajstić information content (AvgIpc) is 2.39. The zero-order valence-electron chi connectivity index (χ0n) is 13.3. The van der Waals surface area contributed by atoms with E-state index >= 15 is 0 Å². The van der Waals surface area contributed by atoms with Crippen molar-refractivity contribution in [2.24, 2.45) is 0 Å². The van der Waals surface area contributed by atoms with E-state index in [2.05, 4.69) is 6.92 Å². The van der Waals surface area contributed by atoms with Crippen molar-refractivity contribution in [3.63, 3.8) is 0 Å². The number of carboxylic acid groups (broad SMARTS) is 2. The first-order chi connectivity index (χ1) is 10.2. The van der Waals surface area contributed by atoms with Crippen LogP contribution in [0, 0.1) is 0 Å². The maximum absolute atomic E-state index is 10.2. The monoisotopic (exact) mass is 348 g/mol. The van der Waals surface area contributed by atoms with Crippen molar-refractivity contribution >= 4 is 50.0 Å². The first kappa shape index (κ1) is 24.1. The standard InChI is InChI=1S/C9H19.C4H6O7S.Na/c1-3-5-7-9-8-6-4-2;5-3(6)1-2(4(7)8)12(9,10)11;/h1,3-9H2,2H3;2H,1H2,(H,5,6)(H,7,8)(H,9,10,11);. The van der Waals surface area contributed by atoms with Crippen molar-refractivity contribution in [2.45, 2.75) is 67.2 Å². The van der Waals surface area contributed by atoms with E-state index in [4.69, 9.17) is 14.8 Å². The van der Waals surface area contributed by atoms with Gasteiger partial charge in [0.1, 0.15) is 0 Å². The Morgan fingerprint density at radius 3 is 1.73 bits per heavy atom. The Hall–Kier alpha value is -0.150. The third-order valence-electron chi connectivity index (χ3n) is 2.95. The molecule has 22 heavy (non-hydrogen) atoms. The maximum Gasteiger partial charge on any atom is 0.325 e. The molecule has 9 heteroatoms. The minimum atomic E-state index is -4.84. The van der Waals surface area contributed by atoms with Gasteiger partial charge in [-0.05, 0) is 0 Å². The van der Waals surface area contributed by atoms with Crippen LogP contribution in [0.15, 0.2) is 0 Å². The van der Waals surface area contributed by atoms with Gasteiger partial charge in [0.2, 0.25) is 0 Å². The molecule has 126 valence electrons. The summed E-state index contributed by atoms with van der Waals surface area (Å²) in [4.78, 5) is 20.0. The fraction of sp³-hybridized carbons (Fsp3) is 0.846. The summed E-state index contributed by atoms with van der Waals surface area (Å²) in [6, 6.07) is 0. The Morgan fingerprint density at radius 1 is 1.00 bits per heavy atom. The van der Waals surface area contributed by atoms with Crippen molar-refractivity contribution in [2.75, 3.05) is 0 Å². The van der Waals surface area contributed by atoms with Crippen LogP contribution in [0.25, 0.3) is 0 Å². The van der Waals surface area contributed by atoms with E-state index in [9.17, 15) is 18.0 Å². The van der Waals surface area contributed by atoms with E-state index in [0.29, 0.717) is 0 Å². The number of carboxylic acids is 2. The van der Waals surface area contributed by atoms with E-state index in [-0.39, 0.29) is 0 Å². The van der Waals surface area contributed by atoms with E-state index in [1.807, 2.05) is 0 Å². The van der Waals surface area contributed by atoms with Gasteiger partial charge in [-0.25, -0.2) is 0 Å². The number of hydrogen-bond acceptors (Lipinski definition) is 4. The number of aliphatic carboxylic acids is 2. The summed E-state index contributed by atoms with van der Waals surface area (Å²) in [6.45, 7) is 2.28. The first-order valence-electron chi connectivity index (χ1n) is 7.57. The molecule has 0 radical (unpaired) electrons. The van der Waals surface area contributed by atoms with Crippen LogP contribution in [0.3, 0.4) is 0 Å². The van der Waals surface area contributed by atoms with Crippen LogP contribution in [0.4, 0.5) is 0 Å². The summed E-state index contributed by atoms with van der Waals surface area (Å²) >= 11 is 1.41. The molecule has 7 nitrogen and oxygen atoms in total. The van der Waals surface area contributed by atoms with Gasteiger partial charge in [0, 0.05) is 0 Å². The number of unbranched alkanes of at least 4 members (excludes halogenated alkanes) is 6. The summed E-state index contributed by atoms with van der Waals surface area (Å²) in [7, 11) is -4.84. The summed E-state index contributed by atoms with van der Waals surface area (Å²) in [6.07, 6.45) is 9.09. The number of hydrogen-bond donors (Lipinski definition) is 3. The molecule has 0 saturated carbocycles. The summed E-state index contributed by atoms with van der Waals surface area (Å²) in [5.74, 6) is -3.50. The summed E-state index contributed by atoms with van der Waals surface area (Å²) < 4.78 is 30.2. The van der Waals surface area contributed by atoms with Crippen molar-refractivity contribution in [1.82, 2.24) is 0 Å². The van der Waals surface area contributed by atoms with Gasteiger partial charge >= 0.3 is 95.4 Å². The van der Waals surface area contributed by atoms with E-state index in [1.54, 1.807) is 0 Å². The molecule has 1 atom stereocenters. The Kier molecular flexibility index (Phi) is 15.8. The minimum absolute atomic E-state index is 1.16. The number of carbonyl (C=O) groups is 2. The molecule has 0 heterocycles. The minimum Gasteiger partial charge on any atom is -0.481 e. The normalized spacial score (nSPS) is 12.2. The molecule has 0 rings (SSSR count). The molecule has 0 aliphatic carbocycles. The quantitative estimate of drug-likeness (QED) is 0.296. The van der Waals surface area contributed by atoms with E-state index in [1.165, 1.54) is 76.5 Å². The SMILES string of the molecule is CCCCCCCC[CH2][Na].O=C(O)CC(C(=O)O)S(=O)(=O)O. The van der Waals surface area contributed by atoms with Gasteiger partial charge in [0.05, 0.1) is 6.42 Å². The molecule has 1 unspecified atom stereocenters. The number of rotatable bonds is 11. The Morgan fingerprint density at radius 2 is 1.45 bits per heavy atom. The molecule has 0 saturated heterocycles. The zero-order chi connectivity index (χ0) is 17.6. The molecular weight excluding hydrogens is 323 g/mol. The summed E-state index contributed by atoms with van der Waals surface area (Å²) in [5, 5.41) is 13.9. The zero-order valence-corrected chi connectivity index (χ0v) is 16.1. The van der Waals surface area contributed by atoms with E-state index < -0.39 is 33.7 Å². The predicted molar refractivity (Wildman–Crippen MR) is 83.8 cm³/mol. The Balaban J connectivity index is 0. The molecule has 0 spiro atoms. The molecule has 3 N–H and O–H groups in total. The third-order valence-corrected chi connectivity index (χ3v) is 4.75. The molecule has 0 amide bonds. The van der Waals surface area contributed by atoms with Crippen molar-refractivity contribution in [3.05, 3.63) is 0 Å². The molecule has 0 aromatic heterocycles. The van der Waals surface area contributed by atoms with Crippen LogP contribution in [0.1, 0.15) is 58.3 Å². The largest absolute Gasteiger partial charge is 0.481 e. The molecule has 0 aromatic carbocycles. The fourth-order valence-electron chi connectivity index (χ4n) is 1.69. The molecule has 0 aliphatic heterocycles. The van der Waals surface area contributed by atoms with Gasteiger partial charge in [-0.15, -0.1) is 0 Å². The second-order valence-corrected chi connectivity index (χ2v) is 7.66. The predicted octanol–water partition coefficient (Wildman–Crippen LogP) is 2.13. The van der Waals surface area contributed by atoms with Crippen LogP contribution >= 0.6 is 0 Å². The van der Waals surface area contributed by atoms with Crippen LogP contribution in [0.5, 0.6) is 0 Å². The average molecular weight is 348 g/mol. The van der Waals surface area contributed by atoms with Crippen LogP contribution < -0.4 is 0 Å². The molecule has 0 aromatic rings. The topological polar surface area (TPSA) is 129 Å². The molecular formula is C13H25NaO7S. The smallest absolute Gasteiger partial charge is 0.325 e. The van der Waals surface area contributed by atoms with Gasteiger partial charge in [-0.2, -0.15) is 8.42 Å². The molecule has 0 bridgehead atoms. The van der Waals surface area contributed by atoms with Gasteiger partial charge in [-0.3, -0.25) is 14.1 Å². The van der Waals surface area contributed by atoms with Gasteiger partial charge in [0.25, 0.3) is 10.1 Å². The van der Waals surface area contributed by atoms with Crippen LogP contribution in [-0.2, 0) is 19.7 Å². The first-order valence-corrected chi connectivity index (χ1v) is 10.5. The second-order valence-electron chi connectivity index (χ2n) is 5.06. The maximum atomic E-state index is 10.2. The van der Waals surface area contributed by atoms with E-state index in [0.717, 1.165) is 0 Å². The second kappa shape index (κ2) is 14.4. The Labute approximate surface area is 149 Å². The van der Waals surface area contributed by atoms with Gasteiger partial charge in [0.15, 0.2) is 5.25 Å². The van der Waals surface area contributed by atoms with Crippen molar-refractivity contribution in [3.8, 4) is 0 Å². The van der Waals surface area contributed by atoms with Gasteiger partial charge in [-0.1, -0.05) is 0 Å².